The lowest BCUT2D eigenvalue weighted by Crippen LogP contribution is -2.07. The Morgan fingerprint density at radius 1 is 1.29 bits per heavy atom. The van der Waals surface area contributed by atoms with E-state index in [2.05, 4.69) is 15.9 Å². The van der Waals surface area contributed by atoms with Crippen molar-refractivity contribution in [3.05, 3.63) is 74.9 Å². The number of aryl methyl sites for hydroxylation is 1. The molecule has 3 rings (SSSR count). The highest BCUT2D eigenvalue weighted by Crippen LogP contribution is 2.33. The summed E-state index contributed by atoms with van der Waals surface area (Å²) < 4.78 is 47.1. The van der Waals surface area contributed by atoms with Gasteiger partial charge in [-0.15, -0.1) is 0 Å². The van der Waals surface area contributed by atoms with E-state index in [1.54, 1.807) is 30.7 Å². The third-order valence-electron chi connectivity index (χ3n) is 4.62. The summed E-state index contributed by atoms with van der Waals surface area (Å²) in [6.07, 6.45) is -1.29. The topological polar surface area (TPSA) is 55.0 Å². The van der Waals surface area contributed by atoms with Crippen LogP contribution in [0.4, 0.5) is 13.2 Å². The Morgan fingerprint density at radius 3 is 2.68 bits per heavy atom. The summed E-state index contributed by atoms with van der Waals surface area (Å²) in [4.78, 5) is 12.0. The normalized spacial score (nSPS) is 12.1. The second-order valence-corrected chi connectivity index (χ2v) is 7.80. The smallest absolute Gasteiger partial charge is 0.416 e. The first kappa shape index (κ1) is 22.6. The number of benzene rings is 2. The molecule has 0 atom stereocenters. The van der Waals surface area contributed by atoms with E-state index in [1.807, 2.05) is 24.3 Å². The second kappa shape index (κ2) is 8.98. The van der Waals surface area contributed by atoms with Crippen molar-refractivity contribution in [1.82, 2.24) is 4.57 Å². The maximum atomic E-state index is 13.2. The van der Waals surface area contributed by atoms with Crippen LogP contribution in [0.5, 0.6) is 0 Å². The third kappa shape index (κ3) is 5.00. The number of esters is 1. The van der Waals surface area contributed by atoms with Gasteiger partial charge in [-0.05, 0) is 49.8 Å². The van der Waals surface area contributed by atoms with Crippen molar-refractivity contribution in [2.24, 2.45) is 0 Å². The molecule has 1 aromatic heterocycles. The van der Waals surface area contributed by atoms with Crippen LogP contribution in [0.3, 0.4) is 0 Å². The highest BCUT2D eigenvalue weighted by Gasteiger charge is 2.31. The van der Waals surface area contributed by atoms with Crippen LogP contribution in [-0.2, 0) is 22.3 Å². The van der Waals surface area contributed by atoms with Crippen LogP contribution in [0.15, 0.2) is 52.6 Å². The van der Waals surface area contributed by atoms with Gasteiger partial charge in [0, 0.05) is 28.2 Å². The SMILES string of the molecule is CCOC(=O)/C(C#N)=C/c1cn(Cc2cc(C)cc(C(F)(F)F)c2)c2cccc(Br)c12. The zero-order chi connectivity index (χ0) is 22.8. The number of hydrogen-bond acceptors (Lipinski definition) is 3. The minimum Gasteiger partial charge on any atom is -0.462 e. The fourth-order valence-electron chi connectivity index (χ4n) is 3.40. The summed E-state index contributed by atoms with van der Waals surface area (Å²) in [5.74, 6) is -0.730. The minimum absolute atomic E-state index is 0.137. The van der Waals surface area contributed by atoms with Crippen molar-refractivity contribution in [3.63, 3.8) is 0 Å². The van der Waals surface area contributed by atoms with Gasteiger partial charge in [0.25, 0.3) is 0 Å². The zero-order valence-corrected chi connectivity index (χ0v) is 18.3. The van der Waals surface area contributed by atoms with E-state index in [9.17, 15) is 23.2 Å². The first-order valence-corrected chi connectivity index (χ1v) is 10.2. The molecule has 0 saturated carbocycles. The monoisotopic (exact) mass is 490 g/mol. The van der Waals surface area contributed by atoms with E-state index in [1.165, 1.54) is 6.08 Å². The number of fused-ring (bicyclic) bond motifs is 1. The molecule has 0 aliphatic rings. The molecule has 0 aliphatic heterocycles. The Labute approximate surface area is 185 Å². The predicted molar refractivity (Wildman–Crippen MR) is 115 cm³/mol. The van der Waals surface area contributed by atoms with Gasteiger partial charge in [0.15, 0.2) is 0 Å². The Kier molecular flexibility index (Phi) is 6.56. The third-order valence-corrected chi connectivity index (χ3v) is 5.28. The van der Waals surface area contributed by atoms with Crippen molar-refractivity contribution in [2.45, 2.75) is 26.6 Å². The van der Waals surface area contributed by atoms with Gasteiger partial charge in [0.2, 0.25) is 0 Å². The number of alkyl halides is 3. The van der Waals surface area contributed by atoms with Crippen LogP contribution in [-0.4, -0.2) is 17.1 Å². The van der Waals surface area contributed by atoms with Gasteiger partial charge in [-0.2, -0.15) is 18.4 Å². The molecule has 8 heteroatoms. The number of rotatable bonds is 5. The summed E-state index contributed by atoms with van der Waals surface area (Å²) in [5, 5.41) is 10.1. The molecule has 0 fully saturated rings. The van der Waals surface area contributed by atoms with Crippen molar-refractivity contribution < 1.29 is 22.7 Å². The van der Waals surface area contributed by atoms with Crippen LogP contribution in [0.2, 0.25) is 0 Å². The van der Waals surface area contributed by atoms with Crippen molar-refractivity contribution in [3.8, 4) is 6.07 Å². The fraction of sp³-hybridized carbons (Fsp3) is 0.217. The molecule has 0 bridgehead atoms. The van der Waals surface area contributed by atoms with E-state index >= 15 is 0 Å². The summed E-state index contributed by atoms with van der Waals surface area (Å²) in [7, 11) is 0. The van der Waals surface area contributed by atoms with Gasteiger partial charge in [-0.25, -0.2) is 4.79 Å². The maximum absolute atomic E-state index is 13.2. The molecule has 1 heterocycles. The number of aromatic nitrogens is 1. The summed E-state index contributed by atoms with van der Waals surface area (Å²) >= 11 is 3.49. The number of hydrogen-bond donors (Lipinski definition) is 0. The van der Waals surface area contributed by atoms with Crippen molar-refractivity contribution in [2.75, 3.05) is 6.61 Å². The van der Waals surface area contributed by atoms with Gasteiger partial charge < -0.3 is 9.30 Å². The van der Waals surface area contributed by atoms with E-state index in [0.29, 0.717) is 16.7 Å². The number of halogens is 4. The summed E-state index contributed by atoms with van der Waals surface area (Å²) in [6, 6.07) is 11.2. The molecule has 0 amide bonds. The first-order chi connectivity index (χ1) is 14.6. The van der Waals surface area contributed by atoms with Crippen LogP contribution in [0.25, 0.3) is 17.0 Å². The molecule has 3 aromatic rings. The lowest BCUT2D eigenvalue weighted by molar-refractivity contribution is -0.138. The Hall–Kier alpha value is -3.05. The summed E-state index contributed by atoms with van der Waals surface area (Å²) in [6.45, 7) is 3.59. The average molecular weight is 491 g/mol. The van der Waals surface area contributed by atoms with Gasteiger partial charge >= 0.3 is 12.1 Å². The van der Waals surface area contributed by atoms with Gasteiger partial charge in [0.1, 0.15) is 11.6 Å². The average Bonchev–Trinajstić information content (AvgIpc) is 3.03. The summed E-state index contributed by atoms with van der Waals surface area (Å²) in [5.41, 5.74) is 1.47. The number of nitrogens with zero attached hydrogens (tertiary/aromatic N) is 2. The van der Waals surface area contributed by atoms with Crippen LogP contribution >= 0.6 is 15.9 Å². The van der Waals surface area contributed by atoms with E-state index in [-0.39, 0.29) is 18.7 Å². The van der Waals surface area contributed by atoms with Gasteiger partial charge in [-0.1, -0.05) is 33.6 Å². The minimum atomic E-state index is -4.43. The van der Waals surface area contributed by atoms with Crippen LogP contribution in [0.1, 0.15) is 29.2 Å². The first-order valence-electron chi connectivity index (χ1n) is 9.38. The van der Waals surface area contributed by atoms with Crippen molar-refractivity contribution in [1.29, 1.82) is 5.26 Å². The van der Waals surface area contributed by atoms with E-state index in [0.717, 1.165) is 27.5 Å². The van der Waals surface area contributed by atoms with E-state index < -0.39 is 17.7 Å². The molecule has 31 heavy (non-hydrogen) atoms. The molecule has 0 N–H and O–H groups in total. The number of ether oxygens (including phenoxy) is 1. The molecule has 160 valence electrons. The van der Waals surface area contributed by atoms with Gasteiger partial charge in [-0.3, -0.25) is 0 Å². The molecule has 0 aliphatic carbocycles. The predicted octanol–water partition coefficient (Wildman–Crippen LogP) is 6.25. The van der Waals surface area contributed by atoms with Crippen LogP contribution in [0, 0.1) is 18.3 Å². The maximum Gasteiger partial charge on any atom is 0.416 e. The number of nitriles is 1. The molecule has 0 saturated heterocycles. The standard InChI is InChI=1S/C23H18BrF3N2O2/c1-3-31-22(30)16(11-28)10-17-13-29(20-6-4-5-19(24)21(17)20)12-15-7-14(2)8-18(9-15)23(25,26)27/h4-10,13H,3,12H2,1-2H3/b16-10+. The number of carbonyl (C=O) groups is 1. The zero-order valence-electron chi connectivity index (χ0n) is 16.8. The highest BCUT2D eigenvalue weighted by atomic mass is 79.9. The molecule has 2 aromatic carbocycles. The fourth-order valence-corrected chi connectivity index (χ4v) is 3.98. The lowest BCUT2D eigenvalue weighted by atomic mass is 10.1. The van der Waals surface area contributed by atoms with Crippen molar-refractivity contribution >= 4 is 38.9 Å². The molecular formula is C23H18BrF3N2O2. The Balaban J connectivity index is 2.12. The highest BCUT2D eigenvalue weighted by molar-refractivity contribution is 9.10. The number of carbonyl (C=O) groups excluding carboxylic acids is 1. The largest absolute Gasteiger partial charge is 0.462 e. The quantitative estimate of drug-likeness (QED) is 0.241. The molecule has 0 spiro atoms. The second-order valence-electron chi connectivity index (χ2n) is 6.94. The van der Waals surface area contributed by atoms with Gasteiger partial charge in [0.05, 0.1) is 17.7 Å². The molecule has 0 radical (unpaired) electrons. The Bertz CT molecular complexity index is 1220. The van der Waals surface area contributed by atoms with E-state index in [4.69, 9.17) is 4.74 Å². The molecule has 0 unspecified atom stereocenters. The lowest BCUT2D eigenvalue weighted by Gasteiger charge is -2.12. The Morgan fingerprint density at radius 2 is 2.03 bits per heavy atom. The molecular weight excluding hydrogens is 473 g/mol. The van der Waals surface area contributed by atoms with Crippen LogP contribution < -0.4 is 0 Å². The molecule has 4 nitrogen and oxygen atoms in total.